The molecule has 1 rings (SSSR count). The Morgan fingerprint density at radius 2 is 1.87 bits per heavy atom. The predicted molar refractivity (Wildman–Crippen MR) is 66.6 cm³/mol. The minimum Gasteiger partial charge on any atom is -0.417 e. The van der Waals surface area contributed by atoms with E-state index in [1.165, 1.54) is 6.42 Å². The second-order valence-corrected chi connectivity index (χ2v) is 8.67. The monoisotopic (exact) mass is 230 g/mol. The maximum Gasteiger partial charge on any atom is 0.171 e. The standard InChI is InChI=1S/C12H26O2Si/c1-11(2,3)10(14-15(4)5)12(9-13)7-6-8-12/h10,13,15H,6-9H2,1-5H3. The average Bonchev–Trinajstić information content (AvgIpc) is 1.99. The van der Waals surface area contributed by atoms with E-state index in [4.69, 9.17) is 4.43 Å². The zero-order valence-corrected chi connectivity index (χ0v) is 12.0. The molecule has 0 aromatic rings. The molecule has 90 valence electrons. The lowest BCUT2D eigenvalue weighted by molar-refractivity contribution is -0.106. The van der Waals surface area contributed by atoms with Gasteiger partial charge in [0.05, 0.1) is 12.7 Å². The largest absolute Gasteiger partial charge is 0.417 e. The van der Waals surface area contributed by atoms with Crippen molar-refractivity contribution in [3.8, 4) is 0 Å². The molecule has 3 heteroatoms. The summed E-state index contributed by atoms with van der Waals surface area (Å²) in [6.07, 6.45) is 3.74. The first kappa shape index (κ1) is 13.2. The van der Waals surface area contributed by atoms with Crippen molar-refractivity contribution in [2.45, 2.75) is 59.2 Å². The molecule has 1 atom stereocenters. The van der Waals surface area contributed by atoms with Crippen LogP contribution >= 0.6 is 0 Å². The van der Waals surface area contributed by atoms with Crippen LogP contribution in [0.3, 0.4) is 0 Å². The first-order chi connectivity index (χ1) is 6.82. The van der Waals surface area contributed by atoms with Crippen LogP contribution in [0.15, 0.2) is 0 Å². The summed E-state index contributed by atoms with van der Waals surface area (Å²) in [5.74, 6) is 0. The van der Waals surface area contributed by atoms with Crippen molar-refractivity contribution in [3.63, 3.8) is 0 Å². The second-order valence-electron chi connectivity index (χ2n) is 6.30. The highest BCUT2D eigenvalue weighted by Crippen LogP contribution is 2.50. The van der Waals surface area contributed by atoms with Crippen LogP contribution < -0.4 is 0 Å². The summed E-state index contributed by atoms with van der Waals surface area (Å²) in [7, 11) is -1.03. The number of hydrogen-bond donors (Lipinski definition) is 1. The van der Waals surface area contributed by atoms with Crippen LogP contribution in [0.5, 0.6) is 0 Å². The lowest BCUT2D eigenvalue weighted by atomic mass is 9.60. The van der Waals surface area contributed by atoms with Gasteiger partial charge in [-0.15, -0.1) is 0 Å². The Morgan fingerprint density at radius 3 is 2.07 bits per heavy atom. The first-order valence-corrected chi connectivity index (χ1v) is 8.86. The molecular formula is C12H26O2Si. The van der Waals surface area contributed by atoms with Gasteiger partial charge in [0.15, 0.2) is 9.04 Å². The van der Waals surface area contributed by atoms with Gasteiger partial charge in [-0.25, -0.2) is 0 Å². The third-order valence-corrected chi connectivity index (χ3v) is 4.23. The lowest BCUT2D eigenvalue weighted by Crippen LogP contribution is -2.53. The molecule has 0 aromatic heterocycles. The van der Waals surface area contributed by atoms with Gasteiger partial charge in [0.1, 0.15) is 0 Å². The molecule has 0 radical (unpaired) electrons. The quantitative estimate of drug-likeness (QED) is 0.752. The lowest BCUT2D eigenvalue weighted by Gasteiger charge is -2.52. The number of aliphatic hydroxyl groups excluding tert-OH is 1. The zero-order chi connectivity index (χ0) is 11.7. The van der Waals surface area contributed by atoms with Gasteiger partial charge < -0.3 is 9.53 Å². The van der Waals surface area contributed by atoms with Crippen LogP contribution in [0.1, 0.15) is 40.0 Å². The van der Waals surface area contributed by atoms with E-state index < -0.39 is 9.04 Å². The van der Waals surface area contributed by atoms with Gasteiger partial charge in [-0.3, -0.25) is 0 Å². The van der Waals surface area contributed by atoms with Crippen molar-refractivity contribution in [1.82, 2.24) is 0 Å². The highest BCUT2D eigenvalue weighted by molar-refractivity contribution is 6.48. The van der Waals surface area contributed by atoms with Gasteiger partial charge in [0.2, 0.25) is 0 Å². The minimum absolute atomic E-state index is 0.0650. The van der Waals surface area contributed by atoms with Gasteiger partial charge in [0, 0.05) is 5.41 Å². The van der Waals surface area contributed by atoms with Crippen LogP contribution in [-0.2, 0) is 4.43 Å². The minimum atomic E-state index is -1.03. The van der Waals surface area contributed by atoms with Gasteiger partial charge in [-0.05, 0) is 31.4 Å². The molecule has 0 saturated heterocycles. The fourth-order valence-electron chi connectivity index (χ4n) is 2.67. The Labute approximate surface area is 95.8 Å². The molecule has 1 unspecified atom stereocenters. The summed E-state index contributed by atoms with van der Waals surface area (Å²) in [5, 5.41) is 9.62. The van der Waals surface area contributed by atoms with Crippen LogP contribution in [0.2, 0.25) is 13.1 Å². The van der Waals surface area contributed by atoms with Crippen molar-refractivity contribution < 1.29 is 9.53 Å². The van der Waals surface area contributed by atoms with Gasteiger partial charge in [-0.2, -0.15) is 0 Å². The molecule has 0 amide bonds. The SMILES string of the molecule is C[SiH](C)OC(C(C)(C)C)C1(CO)CCC1. The van der Waals surface area contributed by atoms with E-state index in [1.54, 1.807) is 0 Å². The Bertz CT molecular complexity index is 199. The number of aliphatic hydroxyl groups is 1. The average molecular weight is 230 g/mol. The Kier molecular flexibility index (Phi) is 4.01. The highest BCUT2D eigenvalue weighted by atomic mass is 28.3. The Balaban J connectivity index is 2.80. The van der Waals surface area contributed by atoms with Crippen molar-refractivity contribution in [2.75, 3.05) is 6.61 Å². The molecule has 1 N–H and O–H groups in total. The molecule has 2 nitrogen and oxygen atoms in total. The molecule has 1 aliphatic carbocycles. The van der Waals surface area contributed by atoms with Crippen molar-refractivity contribution >= 4 is 9.04 Å². The summed E-state index contributed by atoms with van der Waals surface area (Å²) >= 11 is 0. The predicted octanol–water partition coefficient (Wildman–Crippen LogP) is 2.56. The Hall–Kier alpha value is 0.137. The number of rotatable bonds is 4. The molecule has 0 spiro atoms. The van der Waals surface area contributed by atoms with Crippen LogP contribution in [0, 0.1) is 10.8 Å². The van der Waals surface area contributed by atoms with E-state index in [1.807, 2.05) is 0 Å². The molecule has 1 aliphatic rings. The smallest absolute Gasteiger partial charge is 0.171 e. The van der Waals surface area contributed by atoms with Crippen LogP contribution in [0.25, 0.3) is 0 Å². The van der Waals surface area contributed by atoms with Gasteiger partial charge >= 0.3 is 0 Å². The van der Waals surface area contributed by atoms with Crippen molar-refractivity contribution in [1.29, 1.82) is 0 Å². The molecule has 1 saturated carbocycles. The molecule has 0 aliphatic heterocycles. The topological polar surface area (TPSA) is 29.5 Å². The fourth-order valence-corrected chi connectivity index (χ4v) is 3.91. The second kappa shape index (κ2) is 4.56. The third kappa shape index (κ3) is 2.83. The zero-order valence-electron chi connectivity index (χ0n) is 10.8. The van der Waals surface area contributed by atoms with Crippen molar-refractivity contribution in [3.05, 3.63) is 0 Å². The third-order valence-electron chi connectivity index (χ3n) is 3.42. The Morgan fingerprint density at radius 1 is 1.33 bits per heavy atom. The van der Waals surface area contributed by atoms with Gasteiger partial charge in [-0.1, -0.05) is 27.2 Å². The summed E-state index contributed by atoms with van der Waals surface area (Å²) < 4.78 is 6.19. The van der Waals surface area contributed by atoms with Crippen molar-refractivity contribution in [2.24, 2.45) is 10.8 Å². The van der Waals surface area contributed by atoms with E-state index in [-0.39, 0.29) is 23.5 Å². The first-order valence-electron chi connectivity index (χ1n) is 6.08. The molecule has 0 heterocycles. The highest BCUT2D eigenvalue weighted by Gasteiger charge is 2.49. The summed E-state index contributed by atoms with van der Waals surface area (Å²) in [6, 6.07) is 0. The van der Waals surface area contributed by atoms with E-state index in [0.29, 0.717) is 0 Å². The fraction of sp³-hybridized carbons (Fsp3) is 1.00. The van der Waals surface area contributed by atoms with E-state index in [9.17, 15) is 5.11 Å². The van der Waals surface area contributed by atoms with E-state index >= 15 is 0 Å². The molecule has 15 heavy (non-hydrogen) atoms. The van der Waals surface area contributed by atoms with E-state index in [2.05, 4.69) is 33.9 Å². The summed E-state index contributed by atoms with van der Waals surface area (Å²) in [6.45, 7) is 11.4. The normalized spacial score (nSPS) is 22.6. The molecule has 0 bridgehead atoms. The summed E-state index contributed by atoms with van der Waals surface area (Å²) in [5.41, 5.74) is 0.204. The molecular weight excluding hydrogens is 204 g/mol. The summed E-state index contributed by atoms with van der Waals surface area (Å²) in [4.78, 5) is 0. The maximum atomic E-state index is 9.62. The van der Waals surface area contributed by atoms with E-state index in [0.717, 1.165) is 12.8 Å². The van der Waals surface area contributed by atoms with Crippen LogP contribution in [0.4, 0.5) is 0 Å². The molecule has 1 fully saturated rings. The van der Waals surface area contributed by atoms with Gasteiger partial charge in [0.25, 0.3) is 0 Å². The molecule has 0 aromatic carbocycles. The number of hydrogen-bond acceptors (Lipinski definition) is 2. The van der Waals surface area contributed by atoms with Crippen LogP contribution in [-0.4, -0.2) is 26.9 Å². The maximum absolute atomic E-state index is 9.62.